The number of H-pyrrole nitrogens is 1. The first-order valence-electron chi connectivity index (χ1n) is 4.83. The van der Waals surface area contributed by atoms with E-state index in [0.717, 1.165) is 11.4 Å². The van der Waals surface area contributed by atoms with Gasteiger partial charge in [0.2, 0.25) is 0 Å². The predicted octanol–water partition coefficient (Wildman–Crippen LogP) is 3.58. The average molecular weight is 190 g/mol. The highest BCUT2D eigenvalue weighted by atomic mass is 14.9. The van der Waals surface area contributed by atoms with Crippen LogP contribution in [0.3, 0.4) is 0 Å². The van der Waals surface area contributed by atoms with Gasteiger partial charge in [0, 0.05) is 18.0 Å². The zero-order chi connectivity index (χ0) is 10.8. The molecule has 0 aliphatic carbocycles. The molecule has 0 amide bonds. The van der Waals surface area contributed by atoms with Gasteiger partial charge < -0.3 is 4.98 Å². The third-order valence-corrected chi connectivity index (χ3v) is 1.46. The van der Waals surface area contributed by atoms with Gasteiger partial charge >= 0.3 is 0 Å². The zero-order valence-electron chi connectivity index (χ0n) is 9.12. The number of nitrogens with one attached hydrogen (secondary N) is 1. The molecule has 0 atom stereocenters. The van der Waals surface area contributed by atoms with Crippen molar-refractivity contribution in [2.75, 3.05) is 0 Å². The Morgan fingerprint density at radius 2 is 2.21 bits per heavy atom. The Labute approximate surface area is 86.1 Å². The Morgan fingerprint density at radius 1 is 1.50 bits per heavy atom. The molecular weight excluding hydrogens is 172 g/mol. The molecule has 0 spiro atoms. The molecule has 0 fully saturated rings. The number of aromatic amines is 1. The molecular formula is C12H18N2. The normalized spacial score (nSPS) is 10.9. The first-order chi connectivity index (χ1) is 6.88. The quantitative estimate of drug-likeness (QED) is 0.725. The average Bonchev–Trinajstić information content (AvgIpc) is 2.76. The fourth-order valence-corrected chi connectivity index (χ4v) is 0.867. The number of imidazole rings is 1. The monoisotopic (exact) mass is 190 g/mol. The summed E-state index contributed by atoms with van der Waals surface area (Å²) in [5, 5.41) is 0. The van der Waals surface area contributed by atoms with Crippen LogP contribution >= 0.6 is 0 Å². The molecule has 0 radical (unpaired) electrons. The fraction of sp³-hybridized carbons (Fsp3) is 0.250. The highest BCUT2D eigenvalue weighted by molar-refractivity contribution is 5.70. The molecule has 0 aromatic carbocycles. The molecule has 0 aliphatic rings. The second-order valence-electron chi connectivity index (χ2n) is 2.29. The van der Waals surface area contributed by atoms with E-state index in [1.165, 1.54) is 0 Å². The van der Waals surface area contributed by atoms with Crippen LogP contribution in [0.2, 0.25) is 0 Å². The van der Waals surface area contributed by atoms with Crippen LogP contribution in [0.25, 0.3) is 5.57 Å². The summed E-state index contributed by atoms with van der Waals surface area (Å²) >= 11 is 0. The predicted molar refractivity (Wildman–Crippen MR) is 62.9 cm³/mol. The van der Waals surface area contributed by atoms with Crippen molar-refractivity contribution in [3.8, 4) is 0 Å². The summed E-state index contributed by atoms with van der Waals surface area (Å²) in [5.74, 6) is 0.850. The molecule has 1 rings (SSSR count). The summed E-state index contributed by atoms with van der Waals surface area (Å²) in [4.78, 5) is 7.12. The van der Waals surface area contributed by atoms with Gasteiger partial charge in [-0.25, -0.2) is 4.98 Å². The lowest BCUT2D eigenvalue weighted by Gasteiger charge is -1.93. The first-order valence-corrected chi connectivity index (χ1v) is 4.83. The third kappa shape index (κ3) is 3.90. The SMILES string of the molecule is C=C/C(=C\C=C/C)c1ncc[nH]1.CC. The van der Waals surface area contributed by atoms with Crippen LogP contribution in [-0.4, -0.2) is 9.97 Å². The van der Waals surface area contributed by atoms with Crippen LogP contribution in [-0.2, 0) is 0 Å². The number of hydrogen-bond acceptors (Lipinski definition) is 1. The smallest absolute Gasteiger partial charge is 0.137 e. The lowest BCUT2D eigenvalue weighted by molar-refractivity contribution is 1.25. The summed E-state index contributed by atoms with van der Waals surface area (Å²) in [6, 6.07) is 0. The van der Waals surface area contributed by atoms with Gasteiger partial charge in [0.15, 0.2) is 0 Å². The second kappa shape index (κ2) is 8.05. The Kier molecular flexibility index (Phi) is 7.15. The van der Waals surface area contributed by atoms with Crippen LogP contribution in [0, 0.1) is 0 Å². The van der Waals surface area contributed by atoms with Crippen LogP contribution in [0.4, 0.5) is 0 Å². The standard InChI is InChI=1S/C10H12N2.C2H6/c1-3-5-6-9(4-2)10-11-7-8-12-10;1-2/h3-8H,2H2,1H3,(H,11,12);1-2H3/b5-3-,9-6+;. The molecule has 0 unspecified atom stereocenters. The van der Waals surface area contributed by atoms with E-state index in [4.69, 9.17) is 0 Å². The molecule has 2 heteroatoms. The van der Waals surface area contributed by atoms with Crippen molar-refractivity contribution < 1.29 is 0 Å². The van der Waals surface area contributed by atoms with E-state index in [9.17, 15) is 0 Å². The van der Waals surface area contributed by atoms with Gasteiger partial charge in [0.1, 0.15) is 5.82 Å². The second-order valence-corrected chi connectivity index (χ2v) is 2.29. The van der Waals surface area contributed by atoms with Crippen LogP contribution in [0.1, 0.15) is 26.6 Å². The van der Waals surface area contributed by atoms with Crippen molar-refractivity contribution in [1.29, 1.82) is 0 Å². The van der Waals surface area contributed by atoms with Crippen LogP contribution < -0.4 is 0 Å². The van der Waals surface area contributed by atoms with Crippen molar-refractivity contribution in [2.24, 2.45) is 0 Å². The minimum atomic E-state index is 0.850. The highest BCUT2D eigenvalue weighted by Gasteiger charge is 1.95. The third-order valence-electron chi connectivity index (χ3n) is 1.46. The number of rotatable bonds is 3. The molecule has 0 bridgehead atoms. The Balaban J connectivity index is 0.000000791. The van der Waals surface area contributed by atoms with Crippen molar-refractivity contribution in [1.82, 2.24) is 9.97 Å². The summed E-state index contributed by atoms with van der Waals surface area (Å²) in [6.45, 7) is 9.68. The molecule has 1 N–H and O–H groups in total. The maximum Gasteiger partial charge on any atom is 0.137 e. The van der Waals surface area contributed by atoms with E-state index in [-0.39, 0.29) is 0 Å². The van der Waals surface area contributed by atoms with Gasteiger partial charge in [-0.05, 0) is 6.92 Å². The van der Waals surface area contributed by atoms with E-state index in [1.54, 1.807) is 18.5 Å². The minimum absolute atomic E-state index is 0.850. The van der Waals surface area contributed by atoms with Crippen molar-refractivity contribution >= 4 is 5.57 Å². The van der Waals surface area contributed by atoms with Crippen molar-refractivity contribution in [3.05, 3.63) is 49.1 Å². The minimum Gasteiger partial charge on any atom is -0.345 e. The molecule has 14 heavy (non-hydrogen) atoms. The van der Waals surface area contributed by atoms with Gasteiger partial charge in [-0.15, -0.1) is 0 Å². The number of hydrogen-bond donors (Lipinski definition) is 1. The van der Waals surface area contributed by atoms with E-state index in [2.05, 4.69) is 16.5 Å². The Morgan fingerprint density at radius 3 is 2.64 bits per heavy atom. The first kappa shape index (κ1) is 12.4. The van der Waals surface area contributed by atoms with Gasteiger partial charge in [-0.2, -0.15) is 0 Å². The molecule has 1 heterocycles. The van der Waals surface area contributed by atoms with E-state index < -0.39 is 0 Å². The van der Waals surface area contributed by atoms with Crippen molar-refractivity contribution in [2.45, 2.75) is 20.8 Å². The topological polar surface area (TPSA) is 28.7 Å². The molecule has 1 aromatic heterocycles. The van der Waals surface area contributed by atoms with E-state index >= 15 is 0 Å². The number of allylic oxidation sites excluding steroid dienone is 5. The molecule has 1 aromatic rings. The van der Waals surface area contributed by atoms with Gasteiger partial charge in [-0.1, -0.05) is 44.7 Å². The number of aromatic nitrogens is 2. The fourth-order valence-electron chi connectivity index (χ4n) is 0.867. The molecule has 0 saturated carbocycles. The molecule has 0 aliphatic heterocycles. The molecule has 0 saturated heterocycles. The van der Waals surface area contributed by atoms with Crippen LogP contribution in [0.5, 0.6) is 0 Å². The maximum absolute atomic E-state index is 4.11. The van der Waals surface area contributed by atoms with Crippen molar-refractivity contribution in [3.63, 3.8) is 0 Å². The lowest BCUT2D eigenvalue weighted by atomic mass is 10.2. The molecule has 2 nitrogen and oxygen atoms in total. The summed E-state index contributed by atoms with van der Waals surface area (Å²) in [6.07, 6.45) is 11.2. The van der Waals surface area contributed by atoms with E-state index in [0.29, 0.717) is 0 Å². The largest absolute Gasteiger partial charge is 0.345 e. The van der Waals surface area contributed by atoms with E-state index in [1.807, 2.05) is 39.0 Å². The van der Waals surface area contributed by atoms with Gasteiger partial charge in [-0.3, -0.25) is 0 Å². The Bertz CT molecular complexity index is 292. The summed E-state index contributed by atoms with van der Waals surface area (Å²) in [7, 11) is 0. The summed E-state index contributed by atoms with van der Waals surface area (Å²) in [5.41, 5.74) is 0.998. The maximum atomic E-state index is 4.11. The highest BCUT2D eigenvalue weighted by Crippen LogP contribution is 2.09. The lowest BCUT2D eigenvalue weighted by Crippen LogP contribution is -1.81. The molecule has 76 valence electrons. The number of nitrogens with zero attached hydrogens (tertiary/aromatic N) is 1. The zero-order valence-corrected chi connectivity index (χ0v) is 9.12. The van der Waals surface area contributed by atoms with Gasteiger partial charge in [0.05, 0.1) is 0 Å². The van der Waals surface area contributed by atoms with Gasteiger partial charge in [0.25, 0.3) is 0 Å². The Hall–Kier alpha value is -1.57. The summed E-state index contributed by atoms with van der Waals surface area (Å²) < 4.78 is 0. The van der Waals surface area contributed by atoms with Crippen LogP contribution in [0.15, 0.2) is 43.3 Å².